The molecule has 4 heteroatoms. The molecule has 1 N–H and O–H groups in total. The van der Waals surface area contributed by atoms with E-state index >= 15 is 0 Å². The second kappa shape index (κ2) is 4.82. The summed E-state index contributed by atoms with van der Waals surface area (Å²) in [6.07, 6.45) is 6.34. The quantitative estimate of drug-likeness (QED) is 0.780. The number of aliphatic hydroxyl groups excluding tert-OH is 1. The Bertz CT molecular complexity index is 700. The average molecular weight is 253 g/mol. The minimum atomic E-state index is -0.673. The van der Waals surface area contributed by atoms with Crippen molar-refractivity contribution in [3.8, 4) is 0 Å². The largest absolute Gasteiger partial charge is 0.382 e. The monoisotopic (exact) mass is 253 g/mol. The van der Waals surface area contributed by atoms with Crippen molar-refractivity contribution in [2.24, 2.45) is 0 Å². The molecular weight excluding hydrogens is 238 g/mol. The summed E-state index contributed by atoms with van der Waals surface area (Å²) in [5.41, 5.74) is 1.70. The topological polar surface area (TPSA) is 50.9 Å². The van der Waals surface area contributed by atoms with E-state index in [0.29, 0.717) is 0 Å². The molecule has 3 rings (SSSR count). The van der Waals surface area contributed by atoms with E-state index in [1.54, 1.807) is 18.7 Å². The van der Waals surface area contributed by atoms with Crippen molar-refractivity contribution >= 4 is 10.8 Å². The molecule has 0 amide bonds. The van der Waals surface area contributed by atoms with Gasteiger partial charge in [0, 0.05) is 24.3 Å². The van der Waals surface area contributed by atoms with Gasteiger partial charge in [0.25, 0.3) is 0 Å². The average Bonchev–Trinajstić information content (AvgIpc) is 2.94. The van der Waals surface area contributed by atoms with Gasteiger partial charge in [-0.15, -0.1) is 0 Å². The van der Waals surface area contributed by atoms with Crippen LogP contribution in [0.1, 0.15) is 24.3 Å². The third kappa shape index (κ3) is 2.00. The molecule has 1 unspecified atom stereocenters. The molecule has 0 radical (unpaired) electrons. The van der Waals surface area contributed by atoms with Gasteiger partial charge in [0.15, 0.2) is 0 Å². The summed E-state index contributed by atoms with van der Waals surface area (Å²) in [5, 5.41) is 12.7. The predicted octanol–water partition coefficient (Wildman–Crippen LogP) is 2.53. The number of pyridine rings is 1. The summed E-state index contributed by atoms with van der Waals surface area (Å²) in [6, 6.07) is 7.81. The molecule has 0 aliphatic rings. The molecule has 0 saturated heterocycles. The fraction of sp³-hybridized carbons (Fsp3) is 0.200. The van der Waals surface area contributed by atoms with Crippen LogP contribution in [0.15, 0.2) is 49.2 Å². The van der Waals surface area contributed by atoms with Gasteiger partial charge in [-0.2, -0.15) is 0 Å². The first kappa shape index (κ1) is 11.9. The Labute approximate surface area is 111 Å². The summed E-state index contributed by atoms with van der Waals surface area (Å²) in [7, 11) is 0. The van der Waals surface area contributed by atoms with Gasteiger partial charge < -0.3 is 9.67 Å². The van der Waals surface area contributed by atoms with Crippen LogP contribution in [0.25, 0.3) is 10.8 Å². The number of imidazole rings is 1. The van der Waals surface area contributed by atoms with Gasteiger partial charge >= 0.3 is 0 Å². The van der Waals surface area contributed by atoms with E-state index in [4.69, 9.17) is 0 Å². The highest BCUT2D eigenvalue weighted by molar-refractivity contribution is 5.85. The van der Waals surface area contributed by atoms with Crippen molar-refractivity contribution in [1.82, 2.24) is 14.5 Å². The van der Waals surface area contributed by atoms with E-state index < -0.39 is 6.10 Å². The molecule has 1 atom stereocenters. The maximum atomic E-state index is 10.6. The van der Waals surface area contributed by atoms with E-state index in [9.17, 15) is 5.11 Å². The lowest BCUT2D eigenvalue weighted by atomic mass is 10.0. The van der Waals surface area contributed by atoms with Crippen LogP contribution in [0.2, 0.25) is 0 Å². The van der Waals surface area contributed by atoms with Crippen LogP contribution in [0.3, 0.4) is 0 Å². The van der Waals surface area contributed by atoms with Crippen LogP contribution < -0.4 is 0 Å². The highest BCUT2D eigenvalue weighted by Gasteiger charge is 2.16. The number of aromatic nitrogens is 3. The molecule has 0 fully saturated rings. The molecule has 96 valence electrons. The first-order chi connectivity index (χ1) is 9.31. The predicted molar refractivity (Wildman–Crippen MR) is 73.7 cm³/mol. The number of rotatable bonds is 3. The first-order valence-corrected chi connectivity index (χ1v) is 6.32. The van der Waals surface area contributed by atoms with Crippen molar-refractivity contribution < 1.29 is 5.11 Å². The number of aliphatic hydroxyl groups is 1. The van der Waals surface area contributed by atoms with E-state index in [1.807, 2.05) is 42.0 Å². The smallest absolute Gasteiger partial charge is 0.121 e. The minimum Gasteiger partial charge on any atom is -0.382 e. The third-order valence-electron chi connectivity index (χ3n) is 3.37. The van der Waals surface area contributed by atoms with Gasteiger partial charge in [0.05, 0.1) is 18.2 Å². The zero-order chi connectivity index (χ0) is 13.2. The van der Waals surface area contributed by atoms with Crippen molar-refractivity contribution in [3.63, 3.8) is 0 Å². The Morgan fingerprint density at radius 1 is 1.21 bits per heavy atom. The third-order valence-corrected chi connectivity index (χ3v) is 3.37. The highest BCUT2D eigenvalue weighted by Crippen LogP contribution is 2.28. The minimum absolute atomic E-state index is 0.673. The lowest BCUT2D eigenvalue weighted by Gasteiger charge is -2.15. The summed E-state index contributed by atoms with van der Waals surface area (Å²) < 4.78 is 1.95. The number of aryl methyl sites for hydroxylation is 1. The van der Waals surface area contributed by atoms with Gasteiger partial charge in [0.2, 0.25) is 0 Å². The van der Waals surface area contributed by atoms with Gasteiger partial charge in [-0.3, -0.25) is 4.98 Å². The van der Waals surface area contributed by atoms with E-state index in [1.165, 1.54) is 0 Å². The Balaban J connectivity index is 2.14. The maximum absolute atomic E-state index is 10.6. The summed E-state index contributed by atoms with van der Waals surface area (Å²) in [5.74, 6) is 0. The number of fused-ring (bicyclic) bond motifs is 1. The standard InChI is InChI=1S/C15H15N3O/c1-2-18-10-17-9-14(18)15(19)13-5-3-4-11-8-16-7-6-12(11)13/h3-10,15,19H,2H2,1H3. The summed E-state index contributed by atoms with van der Waals surface area (Å²) in [4.78, 5) is 8.22. The van der Waals surface area contributed by atoms with Crippen LogP contribution in [-0.4, -0.2) is 19.6 Å². The summed E-state index contributed by atoms with van der Waals surface area (Å²) >= 11 is 0. The van der Waals surface area contributed by atoms with Gasteiger partial charge in [-0.25, -0.2) is 4.98 Å². The Kier molecular flexibility index (Phi) is 3.01. The van der Waals surface area contributed by atoms with E-state index in [2.05, 4.69) is 9.97 Å². The molecule has 4 nitrogen and oxygen atoms in total. The molecule has 2 aromatic heterocycles. The van der Waals surface area contributed by atoms with Crippen molar-refractivity contribution in [1.29, 1.82) is 0 Å². The van der Waals surface area contributed by atoms with Crippen LogP contribution >= 0.6 is 0 Å². The van der Waals surface area contributed by atoms with Gasteiger partial charge in [-0.1, -0.05) is 18.2 Å². The van der Waals surface area contributed by atoms with Crippen LogP contribution in [0.5, 0.6) is 0 Å². The normalized spacial score (nSPS) is 12.7. The molecule has 0 bridgehead atoms. The summed E-state index contributed by atoms with van der Waals surface area (Å²) in [6.45, 7) is 2.82. The first-order valence-electron chi connectivity index (χ1n) is 6.32. The molecule has 0 saturated carbocycles. The molecule has 0 aliphatic carbocycles. The van der Waals surface area contributed by atoms with Crippen LogP contribution in [0.4, 0.5) is 0 Å². The van der Waals surface area contributed by atoms with Crippen LogP contribution in [-0.2, 0) is 6.54 Å². The molecule has 2 heterocycles. The molecule has 19 heavy (non-hydrogen) atoms. The Morgan fingerprint density at radius 3 is 2.95 bits per heavy atom. The van der Waals surface area contributed by atoms with E-state index in [0.717, 1.165) is 28.6 Å². The second-order valence-electron chi connectivity index (χ2n) is 4.45. The highest BCUT2D eigenvalue weighted by atomic mass is 16.3. The van der Waals surface area contributed by atoms with E-state index in [-0.39, 0.29) is 0 Å². The lowest BCUT2D eigenvalue weighted by molar-refractivity contribution is 0.211. The van der Waals surface area contributed by atoms with Crippen LogP contribution in [0, 0.1) is 0 Å². The zero-order valence-corrected chi connectivity index (χ0v) is 10.7. The molecule has 1 aromatic carbocycles. The molecule has 0 spiro atoms. The van der Waals surface area contributed by atoms with Crippen molar-refractivity contribution in [3.05, 3.63) is 60.4 Å². The van der Waals surface area contributed by atoms with Crippen molar-refractivity contribution in [2.75, 3.05) is 0 Å². The molecule has 0 aliphatic heterocycles. The Morgan fingerprint density at radius 2 is 2.11 bits per heavy atom. The number of hydrogen-bond donors (Lipinski definition) is 1. The number of hydrogen-bond acceptors (Lipinski definition) is 3. The zero-order valence-electron chi connectivity index (χ0n) is 10.7. The Hall–Kier alpha value is -2.20. The number of benzene rings is 1. The fourth-order valence-corrected chi connectivity index (χ4v) is 2.37. The maximum Gasteiger partial charge on any atom is 0.121 e. The molecular formula is C15H15N3O. The second-order valence-corrected chi connectivity index (χ2v) is 4.45. The van der Waals surface area contributed by atoms with Crippen molar-refractivity contribution in [2.45, 2.75) is 19.6 Å². The van der Waals surface area contributed by atoms with Gasteiger partial charge in [-0.05, 0) is 23.9 Å². The number of nitrogens with zero attached hydrogens (tertiary/aromatic N) is 3. The fourth-order valence-electron chi connectivity index (χ4n) is 2.37. The van der Waals surface area contributed by atoms with Gasteiger partial charge in [0.1, 0.15) is 6.10 Å². The lowest BCUT2D eigenvalue weighted by Crippen LogP contribution is -2.07. The SMILES string of the molecule is CCn1cncc1C(O)c1cccc2cnccc12. The molecule has 3 aromatic rings.